The summed E-state index contributed by atoms with van der Waals surface area (Å²) in [6.45, 7) is 0.789. The minimum atomic E-state index is 0.241. The second-order valence-corrected chi connectivity index (χ2v) is 7.59. The van der Waals surface area contributed by atoms with Crippen LogP contribution in [0.5, 0.6) is 0 Å². The molecule has 2 fully saturated rings. The van der Waals surface area contributed by atoms with Gasteiger partial charge in [0.2, 0.25) is 0 Å². The predicted octanol–water partition coefficient (Wildman–Crippen LogP) is 4.78. The topological polar surface area (TPSA) is 26.0 Å². The molecule has 2 N–H and O–H groups in total. The van der Waals surface area contributed by atoms with Crippen LogP contribution in [0.25, 0.3) is 0 Å². The zero-order valence-corrected chi connectivity index (χ0v) is 13.2. The average molecular weight is 322 g/mol. The van der Waals surface area contributed by atoms with Gasteiger partial charge in [0.05, 0.1) is 0 Å². The number of rotatable bonds is 2. The van der Waals surface area contributed by atoms with Crippen LogP contribution in [-0.2, 0) is 5.41 Å². The van der Waals surface area contributed by atoms with Crippen LogP contribution in [0.2, 0.25) is 0 Å². The molecule has 2 saturated carbocycles. The van der Waals surface area contributed by atoms with Gasteiger partial charge in [-0.3, -0.25) is 0 Å². The van der Waals surface area contributed by atoms with Gasteiger partial charge in [0.25, 0.3) is 0 Å². The van der Waals surface area contributed by atoms with Crippen LogP contribution in [0.1, 0.15) is 56.9 Å². The molecule has 0 heterocycles. The van der Waals surface area contributed by atoms with Crippen LogP contribution in [0.3, 0.4) is 0 Å². The summed E-state index contributed by atoms with van der Waals surface area (Å²) in [6.07, 6.45) is 11.2. The molecule has 19 heavy (non-hydrogen) atoms. The highest BCUT2D eigenvalue weighted by Crippen LogP contribution is 2.61. The first-order valence-corrected chi connectivity index (χ1v) is 8.44. The van der Waals surface area contributed by atoms with Gasteiger partial charge in [0.15, 0.2) is 0 Å². The molecule has 0 unspecified atom stereocenters. The minimum absolute atomic E-state index is 0.241. The second kappa shape index (κ2) is 5.21. The zero-order chi connectivity index (χ0) is 13.3. The van der Waals surface area contributed by atoms with E-state index < -0.39 is 0 Å². The molecule has 2 heteroatoms. The van der Waals surface area contributed by atoms with Crippen molar-refractivity contribution in [3.05, 3.63) is 34.3 Å². The molecule has 104 valence electrons. The molecule has 0 atom stereocenters. The zero-order valence-electron chi connectivity index (χ0n) is 11.6. The van der Waals surface area contributed by atoms with E-state index in [0.717, 1.165) is 6.54 Å². The van der Waals surface area contributed by atoms with Crippen LogP contribution in [0, 0.1) is 5.41 Å². The van der Waals surface area contributed by atoms with Gasteiger partial charge in [-0.15, -0.1) is 0 Å². The molecule has 1 spiro atoms. The lowest BCUT2D eigenvalue weighted by Gasteiger charge is -2.57. The van der Waals surface area contributed by atoms with E-state index in [1.807, 2.05) is 0 Å². The lowest BCUT2D eigenvalue weighted by Crippen LogP contribution is -2.53. The third-order valence-electron chi connectivity index (χ3n) is 5.43. The van der Waals surface area contributed by atoms with E-state index in [1.54, 1.807) is 0 Å². The first-order chi connectivity index (χ1) is 9.20. The van der Waals surface area contributed by atoms with Gasteiger partial charge in [-0.2, -0.15) is 0 Å². The maximum atomic E-state index is 6.18. The minimum Gasteiger partial charge on any atom is -0.330 e. The van der Waals surface area contributed by atoms with Crippen molar-refractivity contribution in [2.45, 2.75) is 56.8 Å². The Morgan fingerprint density at radius 3 is 2.21 bits per heavy atom. The summed E-state index contributed by atoms with van der Waals surface area (Å²) in [5.41, 5.74) is 8.47. The molecule has 0 aliphatic heterocycles. The Balaban J connectivity index is 1.83. The van der Waals surface area contributed by atoms with E-state index in [1.165, 1.54) is 61.4 Å². The Hall–Kier alpha value is -0.340. The fraction of sp³-hybridized carbons (Fsp3) is 0.647. The fourth-order valence-electron chi connectivity index (χ4n) is 4.55. The lowest BCUT2D eigenvalue weighted by atomic mass is 9.48. The van der Waals surface area contributed by atoms with Crippen molar-refractivity contribution in [3.63, 3.8) is 0 Å². The molecular formula is C17H24BrN. The number of hydrogen-bond acceptors (Lipinski definition) is 1. The molecule has 1 aromatic rings. The summed E-state index contributed by atoms with van der Waals surface area (Å²) in [5.74, 6) is 0. The largest absolute Gasteiger partial charge is 0.330 e. The van der Waals surface area contributed by atoms with Crippen molar-refractivity contribution in [2.75, 3.05) is 6.54 Å². The van der Waals surface area contributed by atoms with Gasteiger partial charge >= 0.3 is 0 Å². The average Bonchev–Trinajstić information content (AvgIpc) is 2.63. The molecule has 2 aliphatic carbocycles. The maximum absolute atomic E-state index is 6.18. The van der Waals surface area contributed by atoms with Gasteiger partial charge in [-0.1, -0.05) is 59.8 Å². The summed E-state index contributed by atoms with van der Waals surface area (Å²) in [4.78, 5) is 0. The molecule has 0 radical (unpaired) electrons. The van der Waals surface area contributed by atoms with Crippen molar-refractivity contribution >= 4 is 15.9 Å². The highest BCUT2D eigenvalue weighted by Gasteiger charge is 2.54. The maximum Gasteiger partial charge on any atom is 0.0213 e. The van der Waals surface area contributed by atoms with Crippen LogP contribution in [0.4, 0.5) is 0 Å². The van der Waals surface area contributed by atoms with Gasteiger partial charge in [-0.05, 0) is 42.7 Å². The van der Waals surface area contributed by atoms with Gasteiger partial charge in [-0.25, -0.2) is 0 Å². The number of benzene rings is 1. The third kappa shape index (κ3) is 2.38. The quantitative estimate of drug-likeness (QED) is 0.833. The van der Waals surface area contributed by atoms with E-state index in [2.05, 4.69) is 40.2 Å². The Kier molecular flexibility index (Phi) is 3.74. The summed E-state index contributed by atoms with van der Waals surface area (Å²) in [6, 6.07) is 8.67. The monoisotopic (exact) mass is 321 g/mol. The normalized spacial score (nSPS) is 24.7. The fourth-order valence-corrected chi connectivity index (χ4v) is 5.26. The second-order valence-electron chi connectivity index (χ2n) is 6.73. The van der Waals surface area contributed by atoms with Crippen molar-refractivity contribution < 1.29 is 0 Å². The van der Waals surface area contributed by atoms with E-state index in [-0.39, 0.29) is 5.41 Å². The summed E-state index contributed by atoms with van der Waals surface area (Å²) < 4.78 is 1.24. The first-order valence-electron chi connectivity index (χ1n) is 7.65. The van der Waals surface area contributed by atoms with Crippen molar-refractivity contribution in [3.8, 4) is 0 Å². The molecular weight excluding hydrogens is 298 g/mol. The van der Waals surface area contributed by atoms with Crippen LogP contribution >= 0.6 is 15.9 Å². The van der Waals surface area contributed by atoms with Crippen LogP contribution in [-0.4, -0.2) is 6.54 Å². The number of hydrogen-bond donors (Lipinski definition) is 1. The molecule has 0 saturated heterocycles. The van der Waals surface area contributed by atoms with Crippen LogP contribution < -0.4 is 5.73 Å². The molecule has 1 nitrogen and oxygen atoms in total. The molecule has 0 amide bonds. The number of nitrogens with two attached hydrogens (primary N) is 1. The standard InChI is InChI=1S/C17H24BrN/c18-15-8-4-3-7-14(15)17(13-19)11-16(12-17)9-5-1-2-6-10-16/h3-4,7-8H,1-2,5-6,9-13,19H2. The summed E-state index contributed by atoms with van der Waals surface area (Å²) in [5, 5.41) is 0. The van der Waals surface area contributed by atoms with E-state index >= 15 is 0 Å². The lowest BCUT2D eigenvalue weighted by molar-refractivity contribution is 0.0109. The Labute approximate surface area is 125 Å². The van der Waals surface area contributed by atoms with E-state index in [9.17, 15) is 0 Å². The highest BCUT2D eigenvalue weighted by molar-refractivity contribution is 9.10. The van der Waals surface area contributed by atoms with Gasteiger partial charge < -0.3 is 5.73 Å². The molecule has 3 rings (SSSR count). The third-order valence-corrected chi connectivity index (χ3v) is 6.12. The van der Waals surface area contributed by atoms with E-state index in [0.29, 0.717) is 5.41 Å². The van der Waals surface area contributed by atoms with E-state index in [4.69, 9.17) is 5.73 Å². The number of halogens is 1. The Morgan fingerprint density at radius 2 is 1.63 bits per heavy atom. The van der Waals surface area contributed by atoms with Crippen LogP contribution in [0.15, 0.2) is 28.7 Å². The highest BCUT2D eigenvalue weighted by atomic mass is 79.9. The summed E-state index contributed by atoms with van der Waals surface area (Å²) >= 11 is 3.72. The molecule has 2 aliphatic rings. The SMILES string of the molecule is NCC1(c2ccccc2Br)CC2(CCCCCC2)C1. The van der Waals surface area contributed by atoms with Crippen molar-refractivity contribution in [1.82, 2.24) is 0 Å². The molecule has 0 bridgehead atoms. The first kappa shape index (κ1) is 13.6. The van der Waals surface area contributed by atoms with Crippen molar-refractivity contribution in [1.29, 1.82) is 0 Å². The molecule has 0 aromatic heterocycles. The smallest absolute Gasteiger partial charge is 0.0213 e. The Morgan fingerprint density at radius 1 is 1.00 bits per heavy atom. The Bertz CT molecular complexity index is 438. The van der Waals surface area contributed by atoms with Gasteiger partial charge in [0, 0.05) is 16.4 Å². The summed E-state index contributed by atoms with van der Waals surface area (Å²) in [7, 11) is 0. The molecule has 1 aromatic carbocycles. The van der Waals surface area contributed by atoms with Gasteiger partial charge in [0.1, 0.15) is 0 Å². The predicted molar refractivity (Wildman–Crippen MR) is 84.2 cm³/mol. The van der Waals surface area contributed by atoms with Crippen molar-refractivity contribution in [2.24, 2.45) is 11.1 Å².